The Hall–Kier alpha value is -2.98. The second-order valence-corrected chi connectivity index (χ2v) is 7.61. The molecule has 4 rings (SSSR count). The number of carbonyl (C=O) groups is 1. The molecule has 0 amide bonds. The Morgan fingerprint density at radius 1 is 0.840 bits per heavy atom. The lowest BCUT2D eigenvalue weighted by atomic mass is 10.1. The fourth-order valence-corrected chi connectivity index (χ4v) is 5.38. The zero-order valence-corrected chi connectivity index (χ0v) is 14.4. The van der Waals surface area contributed by atoms with Crippen molar-refractivity contribution in [3.05, 3.63) is 88.6 Å². The van der Waals surface area contributed by atoms with Crippen molar-refractivity contribution in [2.24, 2.45) is 0 Å². The summed E-state index contributed by atoms with van der Waals surface area (Å²) in [6.45, 7) is 0. The van der Waals surface area contributed by atoms with Gasteiger partial charge in [-0.15, -0.1) is 0 Å². The normalized spacial score (nSPS) is 11.6. The second-order valence-electron chi connectivity index (χ2n) is 5.65. The molecule has 4 aromatic rings. The standard InChI is InChI=1S/C21H15O3S/c1-24-21(23)14-11-12-19-17(13-14)20(22)16-9-5-6-10-18(16)25(19)15-7-3-2-4-8-15/h2-13H,1H3/q+1. The van der Waals surface area contributed by atoms with Crippen molar-refractivity contribution in [2.75, 3.05) is 7.11 Å². The monoisotopic (exact) mass is 347 g/mol. The summed E-state index contributed by atoms with van der Waals surface area (Å²) >= 11 is 0. The van der Waals surface area contributed by atoms with E-state index in [4.69, 9.17) is 4.74 Å². The van der Waals surface area contributed by atoms with Crippen LogP contribution in [0.2, 0.25) is 0 Å². The first-order chi connectivity index (χ1) is 12.2. The first kappa shape index (κ1) is 15.5. The molecule has 0 aliphatic heterocycles. The van der Waals surface area contributed by atoms with E-state index < -0.39 is 5.97 Å². The molecule has 3 nitrogen and oxygen atoms in total. The summed E-state index contributed by atoms with van der Waals surface area (Å²) < 4.78 is 6.77. The lowest BCUT2D eigenvalue weighted by molar-refractivity contribution is 0.0601. The zero-order chi connectivity index (χ0) is 17.4. The van der Waals surface area contributed by atoms with Gasteiger partial charge < -0.3 is 4.74 Å². The lowest BCUT2D eigenvalue weighted by Crippen LogP contribution is -2.06. The van der Waals surface area contributed by atoms with E-state index in [1.807, 2.05) is 48.5 Å². The molecular weight excluding hydrogens is 332 g/mol. The summed E-state index contributed by atoms with van der Waals surface area (Å²) in [4.78, 5) is 26.0. The largest absolute Gasteiger partial charge is 0.465 e. The molecule has 3 aromatic carbocycles. The zero-order valence-electron chi connectivity index (χ0n) is 13.6. The van der Waals surface area contributed by atoms with E-state index in [1.54, 1.807) is 12.1 Å². The molecule has 0 bridgehead atoms. The number of rotatable bonds is 2. The summed E-state index contributed by atoms with van der Waals surface area (Å²) in [6.07, 6.45) is 0. The summed E-state index contributed by atoms with van der Waals surface area (Å²) in [6, 6.07) is 23.1. The van der Waals surface area contributed by atoms with Crippen LogP contribution in [0.5, 0.6) is 0 Å². The highest BCUT2D eigenvalue weighted by Crippen LogP contribution is 2.43. The molecule has 0 aliphatic rings. The number of hydrogen-bond acceptors (Lipinski definition) is 3. The van der Waals surface area contributed by atoms with Gasteiger partial charge in [-0.1, -0.05) is 30.3 Å². The predicted molar refractivity (Wildman–Crippen MR) is 103 cm³/mol. The lowest BCUT2D eigenvalue weighted by Gasteiger charge is -2.04. The van der Waals surface area contributed by atoms with Gasteiger partial charge in [-0.25, -0.2) is 4.79 Å². The third-order valence-electron chi connectivity index (χ3n) is 4.20. The highest BCUT2D eigenvalue weighted by Gasteiger charge is 2.23. The minimum Gasteiger partial charge on any atom is -0.465 e. The quantitative estimate of drug-likeness (QED) is 0.295. The van der Waals surface area contributed by atoms with Gasteiger partial charge in [0.1, 0.15) is 0 Å². The van der Waals surface area contributed by atoms with Crippen molar-refractivity contribution < 1.29 is 9.53 Å². The van der Waals surface area contributed by atoms with E-state index in [2.05, 4.69) is 12.1 Å². The maximum absolute atomic E-state index is 13.0. The molecule has 1 atom stereocenters. The van der Waals surface area contributed by atoms with Crippen molar-refractivity contribution in [1.29, 1.82) is 0 Å². The van der Waals surface area contributed by atoms with E-state index in [0.717, 1.165) is 14.3 Å². The van der Waals surface area contributed by atoms with Crippen LogP contribution in [0, 0.1) is 0 Å². The van der Waals surface area contributed by atoms with Crippen molar-refractivity contribution in [1.82, 2.24) is 0 Å². The minimum absolute atomic E-state index is 0.0453. The van der Waals surface area contributed by atoms with Gasteiger partial charge in [0.2, 0.25) is 5.43 Å². The van der Waals surface area contributed by atoms with E-state index in [9.17, 15) is 9.59 Å². The van der Waals surface area contributed by atoms with E-state index >= 15 is 0 Å². The van der Waals surface area contributed by atoms with Crippen LogP contribution in [0.1, 0.15) is 10.4 Å². The molecule has 0 saturated heterocycles. The fourth-order valence-electron chi connectivity index (χ4n) is 3.04. The van der Waals surface area contributed by atoms with Gasteiger partial charge in [0, 0.05) is 10.5 Å². The predicted octanol–water partition coefficient (Wildman–Crippen LogP) is 4.88. The van der Waals surface area contributed by atoms with Gasteiger partial charge in [-0.3, -0.25) is 4.79 Å². The average Bonchev–Trinajstić information content (AvgIpc) is 2.68. The molecule has 1 heterocycles. The number of methoxy groups -OCH3 is 1. The number of ether oxygens (including phenoxy) is 1. The molecule has 122 valence electrons. The van der Waals surface area contributed by atoms with Crippen LogP contribution in [-0.2, 0) is 4.74 Å². The Balaban J connectivity index is 2.19. The maximum atomic E-state index is 13.0. The molecule has 1 aromatic heterocycles. The van der Waals surface area contributed by atoms with Crippen LogP contribution in [0.4, 0.5) is 0 Å². The number of esters is 1. The minimum atomic E-state index is -0.436. The van der Waals surface area contributed by atoms with Crippen LogP contribution in [-0.4, -0.2) is 13.1 Å². The van der Waals surface area contributed by atoms with E-state index in [0.29, 0.717) is 16.3 Å². The molecular formula is C21H15O3S+. The first-order valence-electron chi connectivity index (χ1n) is 7.86. The molecule has 1 unspecified atom stereocenters. The summed E-state index contributed by atoms with van der Waals surface area (Å²) in [5.41, 5.74) is 0.349. The van der Waals surface area contributed by atoms with E-state index in [1.165, 1.54) is 7.11 Å². The van der Waals surface area contributed by atoms with Crippen molar-refractivity contribution in [2.45, 2.75) is 0 Å². The topological polar surface area (TPSA) is 43.4 Å². The molecule has 0 fully saturated rings. The van der Waals surface area contributed by atoms with Crippen LogP contribution in [0.3, 0.4) is 0 Å². The number of carbonyl (C=O) groups excluding carboxylic acids is 1. The SMILES string of the molecule is COC(=O)c1ccc2c(c1)c(=O)c1ccccc1[s+]2-c1ccccc1. The summed E-state index contributed by atoms with van der Waals surface area (Å²) in [5, 5.41) is 1.28. The Labute approximate surface area is 147 Å². The Morgan fingerprint density at radius 3 is 2.28 bits per heavy atom. The molecule has 0 radical (unpaired) electrons. The number of benzene rings is 3. The van der Waals surface area contributed by atoms with Crippen molar-refractivity contribution in [3.63, 3.8) is 0 Å². The molecule has 0 saturated carbocycles. The van der Waals surface area contributed by atoms with Crippen LogP contribution >= 0.6 is 10.5 Å². The van der Waals surface area contributed by atoms with Crippen LogP contribution in [0.15, 0.2) is 77.6 Å². The third kappa shape index (κ3) is 2.51. The Bertz CT molecular complexity index is 1160. The van der Waals surface area contributed by atoms with Crippen LogP contribution < -0.4 is 5.43 Å². The first-order valence-corrected chi connectivity index (χ1v) is 9.08. The second kappa shape index (κ2) is 6.15. The number of hydrogen-bond donors (Lipinski definition) is 0. The van der Waals surface area contributed by atoms with Gasteiger partial charge in [0.25, 0.3) is 0 Å². The average molecular weight is 347 g/mol. The van der Waals surface area contributed by atoms with Gasteiger partial charge in [-0.2, -0.15) is 0 Å². The fraction of sp³-hybridized carbons (Fsp3) is 0.0476. The Kier molecular flexibility index (Phi) is 3.82. The molecule has 0 N–H and O–H groups in total. The molecule has 4 heteroatoms. The van der Waals surface area contributed by atoms with Gasteiger partial charge in [0.15, 0.2) is 14.3 Å². The highest BCUT2D eigenvalue weighted by molar-refractivity contribution is 7.49. The Morgan fingerprint density at radius 2 is 1.52 bits per heavy atom. The van der Waals surface area contributed by atoms with Crippen molar-refractivity contribution in [3.8, 4) is 4.90 Å². The molecule has 25 heavy (non-hydrogen) atoms. The third-order valence-corrected chi connectivity index (χ3v) is 6.53. The highest BCUT2D eigenvalue weighted by atomic mass is 32.2. The van der Waals surface area contributed by atoms with Gasteiger partial charge in [0.05, 0.1) is 23.4 Å². The number of fused-ring (bicyclic) bond motifs is 2. The van der Waals surface area contributed by atoms with E-state index in [-0.39, 0.29) is 15.9 Å². The van der Waals surface area contributed by atoms with Crippen LogP contribution in [0.25, 0.3) is 25.1 Å². The molecule has 0 aliphatic carbocycles. The molecule has 0 spiro atoms. The summed E-state index contributed by atoms with van der Waals surface area (Å²) in [5.74, 6) is -0.436. The smallest absolute Gasteiger partial charge is 0.337 e. The summed E-state index contributed by atoms with van der Waals surface area (Å²) in [7, 11) is 0.966. The van der Waals surface area contributed by atoms with Crippen molar-refractivity contribution >= 4 is 36.6 Å². The maximum Gasteiger partial charge on any atom is 0.337 e. The van der Waals surface area contributed by atoms with Gasteiger partial charge in [-0.05, 0) is 42.5 Å². The van der Waals surface area contributed by atoms with Gasteiger partial charge >= 0.3 is 5.97 Å².